The Morgan fingerprint density at radius 2 is 1.77 bits per heavy atom. The number of pyridine rings is 1. The van der Waals surface area contributed by atoms with E-state index in [1.165, 1.54) is 18.1 Å². The average molecular weight is 392 g/mol. The molecule has 0 amide bonds. The van der Waals surface area contributed by atoms with Gasteiger partial charge in [0, 0.05) is 41.0 Å². The number of aromatic nitrogens is 1. The molecule has 1 fully saturated rings. The van der Waals surface area contributed by atoms with Gasteiger partial charge in [-0.1, -0.05) is 32.4 Å². The minimum atomic E-state index is -2.08. The molecule has 26 heavy (non-hydrogen) atoms. The van der Waals surface area contributed by atoms with Crippen molar-refractivity contribution in [1.29, 1.82) is 0 Å². The van der Waals surface area contributed by atoms with Gasteiger partial charge in [0.1, 0.15) is 11.4 Å². The molecule has 4 nitrogen and oxygen atoms in total. The van der Waals surface area contributed by atoms with E-state index >= 15 is 0 Å². The molecule has 1 aromatic carbocycles. The van der Waals surface area contributed by atoms with Gasteiger partial charge in [0.25, 0.3) is 0 Å². The number of ether oxygens (including phenoxy) is 1. The van der Waals surface area contributed by atoms with E-state index in [-0.39, 0.29) is 5.16 Å². The molecule has 140 valence electrons. The fraction of sp³-hybridized carbons (Fsp3) is 0.450. The predicted molar refractivity (Wildman–Crippen MR) is 111 cm³/mol. The monoisotopic (exact) mass is 391 g/mol. The van der Waals surface area contributed by atoms with Gasteiger partial charge in [-0.3, -0.25) is 9.65 Å². The molecule has 1 atom stereocenters. The molecule has 1 aliphatic heterocycles. The Hall–Kier alpha value is -1.35. The van der Waals surface area contributed by atoms with Crippen molar-refractivity contribution in [2.24, 2.45) is 4.74 Å². The predicted octanol–water partition coefficient (Wildman–Crippen LogP) is 5.71. The number of hydrogen-bond donors (Lipinski definition) is 0. The summed E-state index contributed by atoms with van der Waals surface area (Å²) < 4.78 is 13.6. The summed E-state index contributed by atoms with van der Waals surface area (Å²) in [6, 6.07) is 9.90. The molecular weight excluding hydrogens is 365 g/mol. The van der Waals surface area contributed by atoms with Crippen molar-refractivity contribution >= 4 is 29.8 Å². The van der Waals surface area contributed by atoms with E-state index in [1.807, 2.05) is 30.6 Å². The first-order valence-corrected chi connectivity index (χ1v) is 11.1. The van der Waals surface area contributed by atoms with Gasteiger partial charge < -0.3 is 4.74 Å². The second-order valence-electron chi connectivity index (χ2n) is 7.55. The molecule has 6 heteroatoms. The van der Waals surface area contributed by atoms with Gasteiger partial charge >= 0.3 is 0 Å². The van der Waals surface area contributed by atoms with Crippen LogP contribution in [-0.4, -0.2) is 35.0 Å². The van der Waals surface area contributed by atoms with E-state index in [9.17, 15) is 0 Å². The third-order valence-corrected chi connectivity index (χ3v) is 9.69. The molecule has 3 rings (SSSR count). The Morgan fingerprint density at radius 3 is 2.35 bits per heavy atom. The van der Waals surface area contributed by atoms with Crippen LogP contribution in [0.2, 0.25) is 5.02 Å². The van der Waals surface area contributed by atoms with Crippen molar-refractivity contribution in [1.82, 2.24) is 9.65 Å². The lowest BCUT2D eigenvalue weighted by Gasteiger charge is -2.44. The second kappa shape index (κ2) is 7.72. The first-order chi connectivity index (χ1) is 12.4. The van der Waals surface area contributed by atoms with E-state index in [1.54, 1.807) is 7.11 Å². The lowest BCUT2D eigenvalue weighted by Crippen LogP contribution is -2.35. The largest absolute Gasteiger partial charge is 0.494 e. The molecule has 1 unspecified atom stereocenters. The molecule has 0 N–H and O–H groups in total. The molecule has 2 aromatic rings. The Bertz CT molecular complexity index is 812. The molecule has 1 aliphatic rings. The summed E-state index contributed by atoms with van der Waals surface area (Å²) in [7, 11) is -0.400. The summed E-state index contributed by atoms with van der Waals surface area (Å²) in [5.74, 6) is 0.760. The fourth-order valence-electron chi connectivity index (χ4n) is 3.68. The molecule has 1 aromatic heterocycles. The number of hydrogen-bond acceptors (Lipinski definition) is 3. The van der Waals surface area contributed by atoms with Crippen LogP contribution in [0.4, 0.5) is 5.69 Å². The van der Waals surface area contributed by atoms with Crippen molar-refractivity contribution in [2.45, 2.75) is 38.8 Å². The van der Waals surface area contributed by atoms with Crippen LogP contribution in [0.25, 0.3) is 0 Å². The number of benzene rings is 1. The van der Waals surface area contributed by atoms with Gasteiger partial charge in [-0.25, -0.2) is 4.74 Å². The van der Waals surface area contributed by atoms with Gasteiger partial charge in [-0.05, 0) is 43.2 Å². The SMILES string of the molecule is COc1ccc(Cl)cc1N=P(c1ccncc1)(N1CCCC1)C(C)(C)C. The Morgan fingerprint density at radius 1 is 1.12 bits per heavy atom. The summed E-state index contributed by atoms with van der Waals surface area (Å²) in [6.07, 6.45) is 6.17. The molecule has 1 saturated heterocycles. The fourth-order valence-corrected chi connectivity index (χ4v) is 8.22. The van der Waals surface area contributed by atoms with E-state index in [2.05, 4.69) is 42.6 Å². The van der Waals surface area contributed by atoms with Crippen LogP contribution in [0, 0.1) is 0 Å². The lowest BCUT2D eigenvalue weighted by atomic mass is 10.3. The van der Waals surface area contributed by atoms with Gasteiger partial charge in [0.2, 0.25) is 0 Å². The lowest BCUT2D eigenvalue weighted by molar-refractivity contribution is 0.416. The Balaban J connectivity index is 2.35. The van der Waals surface area contributed by atoms with Crippen molar-refractivity contribution < 1.29 is 4.74 Å². The van der Waals surface area contributed by atoms with Crippen molar-refractivity contribution in [2.75, 3.05) is 20.2 Å². The average Bonchev–Trinajstić information content (AvgIpc) is 3.14. The van der Waals surface area contributed by atoms with Crippen LogP contribution in [0.3, 0.4) is 0 Å². The summed E-state index contributed by atoms with van der Waals surface area (Å²) in [5.41, 5.74) is 0.826. The first-order valence-electron chi connectivity index (χ1n) is 9.00. The highest BCUT2D eigenvalue weighted by Crippen LogP contribution is 2.65. The van der Waals surface area contributed by atoms with Crippen molar-refractivity contribution in [3.8, 4) is 5.75 Å². The van der Waals surface area contributed by atoms with Gasteiger partial charge in [-0.15, -0.1) is 0 Å². The zero-order valence-corrected chi connectivity index (χ0v) is 17.6. The van der Waals surface area contributed by atoms with Crippen LogP contribution < -0.4 is 10.0 Å². The van der Waals surface area contributed by atoms with E-state index in [0.717, 1.165) is 24.5 Å². The third kappa shape index (κ3) is 3.55. The van der Waals surface area contributed by atoms with Gasteiger partial charge in [0.05, 0.1) is 14.3 Å². The van der Waals surface area contributed by atoms with Crippen LogP contribution in [0.5, 0.6) is 5.75 Å². The normalized spacial score (nSPS) is 17.7. The van der Waals surface area contributed by atoms with Gasteiger partial charge in [0.15, 0.2) is 0 Å². The molecular formula is C20H27ClN3OP. The summed E-state index contributed by atoms with van der Waals surface area (Å²) >= 11 is 6.30. The highest BCUT2D eigenvalue weighted by molar-refractivity contribution is 7.73. The second-order valence-corrected chi connectivity index (χ2v) is 11.8. The molecule has 0 saturated carbocycles. The van der Waals surface area contributed by atoms with E-state index in [4.69, 9.17) is 21.1 Å². The quantitative estimate of drug-likeness (QED) is 0.626. The molecule has 0 bridgehead atoms. The minimum absolute atomic E-state index is 0.0357. The smallest absolute Gasteiger partial charge is 0.144 e. The molecule has 0 spiro atoms. The maximum absolute atomic E-state index is 6.30. The van der Waals surface area contributed by atoms with Gasteiger partial charge in [-0.2, -0.15) is 0 Å². The molecule has 2 heterocycles. The maximum atomic E-state index is 6.30. The van der Waals surface area contributed by atoms with Crippen molar-refractivity contribution in [3.05, 3.63) is 47.7 Å². The van der Waals surface area contributed by atoms with E-state index < -0.39 is 7.21 Å². The number of methoxy groups -OCH3 is 1. The standard InChI is InChI=1S/C20H27ClN3OP/c1-20(2,3)26(24-13-5-6-14-24,17-9-11-22-12-10-17)23-18-15-16(21)7-8-19(18)25-4/h7-12,15H,5-6,13-14H2,1-4H3. The molecule has 0 radical (unpaired) electrons. The van der Waals surface area contributed by atoms with E-state index in [0.29, 0.717) is 5.02 Å². The Kier molecular flexibility index (Phi) is 5.76. The van der Waals surface area contributed by atoms with Crippen molar-refractivity contribution in [3.63, 3.8) is 0 Å². The zero-order valence-electron chi connectivity index (χ0n) is 15.9. The third-order valence-electron chi connectivity index (χ3n) is 4.84. The van der Waals surface area contributed by atoms with Crippen LogP contribution >= 0.6 is 18.8 Å². The van der Waals surface area contributed by atoms with Crippen LogP contribution in [0.15, 0.2) is 47.5 Å². The summed E-state index contributed by atoms with van der Waals surface area (Å²) in [6.45, 7) is 9.01. The highest BCUT2D eigenvalue weighted by atomic mass is 35.5. The highest BCUT2D eigenvalue weighted by Gasteiger charge is 2.42. The number of rotatable bonds is 4. The molecule has 0 aliphatic carbocycles. The number of halogens is 1. The zero-order chi connectivity index (χ0) is 18.8. The minimum Gasteiger partial charge on any atom is -0.494 e. The van der Waals surface area contributed by atoms with Crippen LogP contribution in [-0.2, 0) is 0 Å². The Labute approximate surface area is 161 Å². The first kappa shape index (κ1) is 19.4. The number of nitrogens with zero attached hydrogens (tertiary/aromatic N) is 3. The van der Waals surface area contributed by atoms with Crippen LogP contribution in [0.1, 0.15) is 33.6 Å². The summed E-state index contributed by atoms with van der Waals surface area (Å²) in [5, 5.41) is 1.89. The summed E-state index contributed by atoms with van der Waals surface area (Å²) in [4.78, 5) is 4.23. The maximum Gasteiger partial charge on any atom is 0.144 e. The topological polar surface area (TPSA) is 37.7 Å².